The molecule has 0 spiro atoms. The molecule has 28 heavy (non-hydrogen) atoms. The summed E-state index contributed by atoms with van der Waals surface area (Å²) in [4.78, 5) is 10.5. The molecule has 148 valence electrons. The predicted molar refractivity (Wildman–Crippen MR) is 113 cm³/mol. The summed E-state index contributed by atoms with van der Waals surface area (Å²) in [7, 11) is 1.58. The minimum absolute atomic E-state index is 0.0703. The van der Waals surface area contributed by atoms with Crippen LogP contribution in [0.4, 0.5) is 11.4 Å². The van der Waals surface area contributed by atoms with E-state index < -0.39 is 4.92 Å². The predicted octanol–water partition coefficient (Wildman–Crippen LogP) is 4.10. The summed E-state index contributed by atoms with van der Waals surface area (Å²) in [6.07, 6.45) is 3.59. The summed E-state index contributed by atoms with van der Waals surface area (Å²) in [6, 6.07) is 11.7. The van der Waals surface area contributed by atoms with Gasteiger partial charge < -0.3 is 14.8 Å². The highest BCUT2D eigenvalue weighted by Gasteiger charge is 2.12. The smallest absolute Gasteiger partial charge is 0.292 e. The fourth-order valence-electron chi connectivity index (χ4n) is 2.26. The van der Waals surface area contributed by atoms with Gasteiger partial charge in [-0.3, -0.25) is 15.5 Å². The van der Waals surface area contributed by atoms with Crippen LogP contribution >= 0.6 is 12.2 Å². The third-order valence-electron chi connectivity index (χ3n) is 3.67. The van der Waals surface area contributed by atoms with Gasteiger partial charge in [0.2, 0.25) is 0 Å². The third kappa shape index (κ3) is 6.20. The standard InChI is InChI=1S/C19H22N4O4S/c1-3-4-11-27-17-10-9-14(12-18(17)26-2)13-20-22-19(28)21-15-7-5-6-8-16(15)23(24)25/h5-10,12-13H,3-4,11H2,1-2H3,(H2,21,22,28)/b20-13-. The number of hydrogen-bond donors (Lipinski definition) is 2. The van der Waals surface area contributed by atoms with Crippen molar-refractivity contribution >= 4 is 34.9 Å². The number of nitrogens with zero attached hydrogens (tertiary/aromatic N) is 2. The summed E-state index contributed by atoms with van der Waals surface area (Å²) >= 11 is 5.12. The molecule has 2 aromatic carbocycles. The number of hydrogen-bond acceptors (Lipinski definition) is 6. The number of hydrazone groups is 1. The molecule has 8 nitrogen and oxygen atoms in total. The van der Waals surface area contributed by atoms with Crippen molar-refractivity contribution in [2.75, 3.05) is 19.0 Å². The van der Waals surface area contributed by atoms with Crippen molar-refractivity contribution in [3.63, 3.8) is 0 Å². The Balaban J connectivity index is 1.97. The van der Waals surface area contributed by atoms with E-state index in [4.69, 9.17) is 21.7 Å². The molecule has 0 saturated heterocycles. The Morgan fingerprint density at radius 3 is 2.79 bits per heavy atom. The van der Waals surface area contributed by atoms with E-state index in [0.717, 1.165) is 18.4 Å². The lowest BCUT2D eigenvalue weighted by atomic mass is 10.2. The van der Waals surface area contributed by atoms with Crippen LogP contribution in [0.25, 0.3) is 0 Å². The number of para-hydroxylation sites is 2. The Labute approximate surface area is 168 Å². The second-order valence-corrected chi connectivity index (χ2v) is 6.12. The van der Waals surface area contributed by atoms with Crippen LogP contribution in [0.1, 0.15) is 25.3 Å². The van der Waals surface area contributed by atoms with Crippen molar-refractivity contribution in [1.29, 1.82) is 0 Å². The van der Waals surface area contributed by atoms with Crippen molar-refractivity contribution in [3.8, 4) is 11.5 Å². The Kier molecular flexibility index (Phi) is 8.16. The van der Waals surface area contributed by atoms with Gasteiger partial charge in [-0.25, -0.2) is 0 Å². The van der Waals surface area contributed by atoms with E-state index in [1.807, 2.05) is 12.1 Å². The van der Waals surface area contributed by atoms with Gasteiger partial charge in [0.25, 0.3) is 5.69 Å². The minimum Gasteiger partial charge on any atom is -0.493 e. The van der Waals surface area contributed by atoms with E-state index in [0.29, 0.717) is 18.1 Å². The summed E-state index contributed by atoms with van der Waals surface area (Å²) in [5.74, 6) is 1.29. The Morgan fingerprint density at radius 2 is 2.07 bits per heavy atom. The molecule has 0 aliphatic heterocycles. The van der Waals surface area contributed by atoms with Gasteiger partial charge in [-0.05, 0) is 48.5 Å². The molecular formula is C19H22N4O4S. The first kappa shape index (κ1) is 21.1. The van der Waals surface area contributed by atoms with Gasteiger partial charge in [-0.1, -0.05) is 25.5 Å². The number of nitro groups is 1. The zero-order valence-corrected chi connectivity index (χ0v) is 16.5. The molecule has 0 bridgehead atoms. The molecule has 0 aliphatic carbocycles. The van der Waals surface area contributed by atoms with Gasteiger partial charge >= 0.3 is 0 Å². The fourth-order valence-corrected chi connectivity index (χ4v) is 2.43. The van der Waals surface area contributed by atoms with Crippen molar-refractivity contribution in [3.05, 3.63) is 58.1 Å². The monoisotopic (exact) mass is 402 g/mol. The molecule has 2 rings (SSSR count). The first-order valence-corrected chi connectivity index (χ1v) is 9.10. The largest absolute Gasteiger partial charge is 0.493 e. The molecular weight excluding hydrogens is 380 g/mol. The number of nitrogens with one attached hydrogen (secondary N) is 2. The molecule has 0 atom stereocenters. The molecule has 2 N–H and O–H groups in total. The second-order valence-electron chi connectivity index (χ2n) is 5.71. The van der Waals surface area contributed by atoms with Crippen molar-refractivity contribution in [2.45, 2.75) is 19.8 Å². The number of benzene rings is 2. The molecule has 0 heterocycles. The third-order valence-corrected chi connectivity index (χ3v) is 3.87. The van der Waals surface area contributed by atoms with Gasteiger partial charge in [0.1, 0.15) is 5.69 Å². The quantitative estimate of drug-likeness (QED) is 0.214. The van der Waals surface area contributed by atoms with Crippen LogP contribution in [0.15, 0.2) is 47.6 Å². The van der Waals surface area contributed by atoms with Crippen LogP contribution < -0.4 is 20.2 Å². The van der Waals surface area contributed by atoms with Gasteiger partial charge in [-0.2, -0.15) is 5.10 Å². The summed E-state index contributed by atoms with van der Waals surface area (Å²) in [5.41, 5.74) is 3.63. The Bertz CT molecular complexity index is 858. The van der Waals surface area contributed by atoms with E-state index in [-0.39, 0.29) is 16.5 Å². The van der Waals surface area contributed by atoms with E-state index in [2.05, 4.69) is 22.8 Å². The zero-order chi connectivity index (χ0) is 20.4. The maximum Gasteiger partial charge on any atom is 0.292 e. The summed E-state index contributed by atoms with van der Waals surface area (Å²) in [5, 5.41) is 18.0. The van der Waals surface area contributed by atoms with Crippen LogP contribution in [0.5, 0.6) is 11.5 Å². The molecule has 0 unspecified atom stereocenters. The number of methoxy groups -OCH3 is 1. The number of unbranched alkanes of at least 4 members (excludes halogenated alkanes) is 1. The number of nitro benzene ring substituents is 1. The molecule has 0 aliphatic rings. The summed E-state index contributed by atoms with van der Waals surface area (Å²) in [6.45, 7) is 2.73. The highest BCUT2D eigenvalue weighted by molar-refractivity contribution is 7.80. The molecule has 2 aromatic rings. The average molecular weight is 402 g/mol. The maximum atomic E-state index is 11.0. The van der Waals surface area contributed by atoms with Crippen molar-refractivity contribution < 1.29 is 14.4 Å². The van der Waals surface area contributed by atoms with Crippen LogP contribution in [0.2, 0.25) is 0 Å². The molecule has 0 fully saturated rings. The SMILES string of the molecule is CCCCOc1ccc(/C=N\NC(=S)Nc2ccccc2[N+](=O)[O-])cc1OC. The first-order chi connectivity index (χ1) is 13.5. The average Bonchev–Trinajstić information content (AvgIpc) is 2.69. The number of ether oxygens (including phenoxy) is 2. The highest BCUT2D eigenvalue weighted by atomic mass is 32.1. The lowest BCUT2D eigenvalue weighted by molar-refractivity contribution is -0.383. The molecule has 0 amide bonds. The Morgan fingerprint density at radius 1 is 1.29 bits per heavy atom. The van der Waals surface area contributed by atoms with Gasteiger partial charge in [-0.15, -0.1) is 0 Å². The second kappa shape index (κ2) is 10.8. The van der Waals surface area contributed by atoms with Crippen LogP contribution in [-0.2, 0) is 0 Å². The van der Waals surface area contributed by atoms with Crippen LogP contribution in [-0.4, -0.2) is 30.0 Å². The summed E-state index contributed by atoms with van der Waals surface area (Å²) < 4.78 is 11.0. The lowest BCUT2D eigenvalue weighted by Crippen LogP contribution is -2.24. The number of thiocarbonyl (C=S) groups is 1. The fraction of sp³-hybridized carbons (Fsp3) is 0.263. The molecule has 0 saturated carbocycles. The first-order valence-electron chi connectivity index (χ1n) is 8.69. The van der Waals surface area contributed by atoms with E-state index in [1.54, 1.807) is 37.6 Å². The highest BCUT2D eigenvalue weighted by Crippen LogP contribution is 2.27. The number of rotatable bonds is 9. The molecule has 0 aromatic heterocycles. The van der Waals surface area contributed by atoms with Crippen LogP contribution in [0.3, 0.4) is 0 Å². The van der Waals surface area contributed by atoms with E-state index in [9.17, 15) is 10.1 Å². The van der Waals surface area contributed by atoms with Gasteiger partial charge in [0, 0.05) is 6.07 Å². The number of anilines is 1. The van der Waals surface area contributed by atoms with Gasteiger partial charge in [0.15, 0.2) is 16.6 Å². The lowest BCUT2D eigenvalue weighted by Gasteiger charge is -2.11. The minimum atomic E-state index is -0.482. The van der Waals surface area contributed by atoms with E-state index in [1.165, 1.54) is 6.07 Å². The zero-order valence-electron chi connectivity index (χ0n) is 15.7. The topological polar surface area (TPSA) is 98.0 Å². The van der Waals surface area contributed by atoms with Crippen molar-refractivity contribution in [1.82, 2.24) is 5.43 Å². The van der Waals surface area contributed by atoms with Crippen molar-refractivity contribution in [2.24, 2.45) is 5.10 Å². The normalized spacial score (nSPS) is 10.5. The Hall–Kier alpha value is -3.20. The van der Waals surface area contributed by atoms with Gasteiger partial charge in [0.05, 0.1) is 24.9 Å². The van der Waals surface area contributed by atoms with Crippen LogP contribution in [0, 0.1) is 10.1 Å². The molecule has 0 radical (unpaired) electrons. The van der Waals surface area contributed by atoms with E-state index >= 15 is 0 Å². The molecule has 9 heteroatoms. The maximum absolute atomic E-state index is 11.0.